The first-order valence-corrected chi connectivity index (χ1v) is 10.4. The predicted octanol–water partition coefficient (Wildman–Crippen LogP) is 5.60. The Hall–Kier alpha value is -2.83. The molecule has 148 valence electrons. The molecule has 2 aromatic carbocycles. The van der Waals surface area contributed by atoms with Crippen LogP contribution in [0.4, 0.5) is 5.69 Å². The minimum absolute atomic E-state index is 0.0419. The van der Waals surface area contributed by atoms with Gasteiger partial charge in [-0.3, -0.25) is 9.20 Å². The van der Waals surface area contributed by atoms with Gasteiger partial charge < -0.3 is 10.1 Å². The second-order valence-electron chi connectivity index (χ2n) is 6.75. The Morgan fingerprint density at radius 3 is 2.76 bits per heavy atom. The molecule has 0 aliphatic carbocycles. The molecule has 0 bridgehead atoms. The largest absolute Gasteiger partial charge is 0.497 e. The lowest BCUT2D eigenvalue weighted by Gasteiger charge is -2.06. The van der Waals surface area contributed by atoms with E-state index < -0.39 is 0 Å². The van der Waals surface area contributed by atoms with Crippen molar-refractivity contribution in [2.45, 2.75) is 19.8 Å². The molecule has 0 atom stereocenters. The van der Waals surface area contributed by atoms with Gasteiger partial charge in [0.05, 0.1) is 12.8 Å². The highest BCUT2D eigenvalue weighted by Gasteiger charge is 2.12. The summed E-state index contributed by atoms with van der Waals surface area (Å²) in [5, 5.41) is 5.60. The molecule has 0 fully saturated rings. The van der Waals surface area contributed by atoms with Crippen LogP contribution in [0.1, 0.15) is 17.7 Å². The number of benzene rings is 2. The lowest BCUT2D eigenvalue weighted by molar-refractivity contribution is -0.116. The Balaban J connectivity index is 1.44. The number of rotatable bonds is 6. The van der Waals surface area contributed by atoms with Gasteiger partial charge in [-0.1, -0.05) is 17.7 Å². The Labute approximate surface area is 177 Å². The van der Waals surface area contributed by atoms with Gasteiger partial charge in [-0.05, 0) is 55.3 Å². The van der Waals surface area contributed by atoms with Crippen LogP contribution in [0.3, 0.4) is 0 Å². The van der Waals surface area contributed by atoms with Crippen molar-refractivity contribution in [3.63, 3.8) is 0 Å². The molecule has 4 rings (SSSR count). The Morgan fingerprint density at radius 1 is 1.24 bits per heavy atom. The summed E-state index contributed by atoms with van der Waals surface area (Å²) in [5.41, 5.74) is 4.69. The Morgan fingerprint density at radius 2 is 2.03 bits per heavy atom. The number of aromatic nitrogens is 2. The maximum atomic E-state index is 12.3. The Kier molecular flexibility index (Phi) is 5.56. The second kappa shape index (κ2) is 8.27. The number of ether oxygens (including phenoxy) is 1. The molecule has 4 aromatic rings. The van der Waals surface area contributed by atoms with Gasteiger partial charge in [0.2, 0.25) is 5.91 Å². The number of imidazole rings is 1. The van der Waals surface area contributed by atoms with E-state index in [0.29, 0.717) is 23.6 Å². The van der Waals surface area contributed by atoms with Gasteiger partial charge in [0.15, 0.2) is 4.96 Å². The average molecular weight is 426 g/mol. The van der Waals surface area contributed by atoms with E-state index in [2.05, 4.69) is 15.1 Å². The van der Waals surface area contributed by atoms with Crippen molar-refractivity contribution in [3.05, 3.63) is 70.3 Å². The van der Waals surface area contributed by atoms with E-state index in [1.807, 2.05) is 49.5 Å². The molecule has 0 saturated carbocycles. The van der Waals surface area contributed by atoms with E-state index in [1.165, 1.54) is 0 Å². The Bertz CT molecular complexity index is 1160. The van der Waals surface area contributed by atoms with Gasteiger partial charge in [0.1, 0.15) is 5.75 Å². The third-order valence-corrected chi connectivity index (χ3v) is 6.03. The highest BCUT2D eigenvalue weighted by Crippen LogP contribution is 2.26. The van der Waals surface area contributed by atoms with Crippen molar-refractivity contribution in [1.29, 1.82) is 0 Å². The monoisotopic (exact) mass is 425 g/mol. The molecule has 0 unspecified atom stereocenters. The molecule has 1 amide bonds. The lowest BCUT2D eigenvalue weighted by atomic mass is 10.1. The van der Waals surface area contributed by atoms with E-state index in [0.717, 1.165) is 33.2 Å². The standard InChI is InChI=1S/C22H20ClN3O2S/c1-14-3-6-16(11-19(14)23)24-21(27)10-7-17-13-29-22-25-20(12-26(17)22)15-4-8-18(28-2)9-5-15/h3-6,8-9,11-13H,7,10H2,1-2H3,(H,24,27). The van der Waals surface area contributed by atoms with Crippen LogP contribution >= 0.6 is 22.9 Å². The number of fused-ring (bicyclic) bond motifs is 1. The third-order valence-electron chi connectivity index (χ3n) is 4.73. The number of nitrogens with one attached hydrogen (secondary N) is 1. The van der Waals surface area contributed by atoms with Crippen LogP contribution in [-0.2, 0) is 11.2 Å². The summed E-state index contributed by atoms with van der Waals surface area (Å²) >= 11 is 7.70. The molecule has 2 heterocycles. The van der Waals surface area contributed by atoms with Gasteiger partial charge >= 0.3 is 0 Å². The molecule has 0 saturated heterocycles. The van der Waals surface area contributed by atoms with Gasteiger partial charge in [-0.15, -0.1) is 11.3 Å². The maximum Gasteiger partial charge on any atom is 0.224 e. The molecule has 5 nitrogen and oxygen atoms in total. The van der Waals surface area contributed by atoms with Crippen molar-refractivity contribution in [2.75, 3.05) is 12.4 Å². The van der Waals surface area contributed by atoms with Crippen LogP contribution in [0.25, 0.3) is 16.2 Å². The van der Waals surface area contributed by atoms with Crippen LogP contribution in [0.2, 0.25) is 5.02 Å². The number of nitrogens with zero attached hydrogens (tertiary/aromatic N) is 2. The number of amides is 1. The maximum absolute atomic E-state index is 12.3. The minimum Gasteiger partial charge on any atom is -0.497 e. The molecule has 7 heteroatoms. The van der Waals surface area contributed by atoms with Crippen molar-refractivity contribution >= 4 is 39.5 Å². The first kappa shape index (κ1) is 19.5. The van der Waals surface area contributed by atoms with Gasteiger partial charge in [-0.25, -0.2) is 4.98 Å². The zero-order valence-electron chi connectivity index (χ0n) is 16.1. The third kappa shape index (κ3) is 4.28. The van der Waals surface area contributed by atoms with Crippen LogP contribution in [0.5, 0.6) is 5.75 Å². The van der Waals surface area contributed by atoms with Crippen molar-refractivity contribution in [1.82, 2.24) is 9.38 Å². The molecule has 0 radical (unpaired) electrons. The SMILES string of the molecule is COc1ccc(-c2cn3c(CCC(=O)Nc4ccc(C)c(Cl)c4)csc3n2)cc1. The fraction of sp³-hybridized carbons (Fsp3) is 0.182. The zero-order chi connectivity index (χ0) is 20.4. The molecule has 0 aliphatic heterocycles. The summed E-state index contributed by atoms with van der Waals surface area (Å²) in [5.74, 6) is 0.774. The van der Waals surface area contributed by atoms with Gasteiger partial charge in [-0.2, -0.15) is 0 Å². The fourth-order valence-electron chi connectivity index (χ4n) is 3.05. The molecule has 29 heavy (non-hydrogen) atoms. The van der Waals surface area contributed by atoms with Crippen LogP contribution in [0.15, 0.2) is 54.0 Å². The van der Waals surface area contributed by atoms with Crippen molar-refractivity contribution in [2.24, 2.45) is 0 Å². The topological polar surface area (TPSA) is 55.6 Å². The summed E-state index contributed by atoms with van der Waals surface area (Å²) in [6.07, 6.45) is 3.03. The summed E-state index contributed by atoms with van der Waals surface area (Å²) in [7, 11) is 1.65. The zero-order valence-corrected chi connectivity index (χ0v) is 17.7. The number of aryl methyl sites for hydroxylation is 2. The summed E-state index contributed by atoms with van der Waals surface area (Å²) < 4.78 is 7.26. The molecule has 2 aromatic heterocycles. The number of hydrogen-bond acceptors (Lipinski definition) is 4. The highest BCUT2D eigenvalue weighted by atomic mass is 35.5. The van der Waals surface area contributed by atoms with Crippen LogP contribution in [0, 0.1) is 6.92 Å². The van der Waals surface area contributed by atoms with Crippen LogP contribution in [-0.4, -0.2) is 22.4 Å². The highest BCUT2D eigenvalue weighted by molar-refractivity contribution is 7.15. The molecular formula is C22H20ClN3O2S. The number of hydrogen-bond donors (Lipinski definition) is 1. The van der Waals surface area contributed by atoms with E-state index in [-0.39, 0.29) is 5.91 Å². The van der Waals surface area contributed by atoms with Gasteiger partial charge in [0.25, 0.3) is 0 Å². The van der Waals surface area contributed by atoms with E-state index in [9.17, 15) is 4.79 Å². The first-order chi connectivity index (χ1) is 14.0. The summed E-state index contributed by atoms with van der Waals surface area (Å²) in [6, 6.07) is 13.4. The molecule has 1 N–H and O–H groups in total. The molecule has 0 aliphatic rings. The molecular weight excluding hydrogens is 406 g/mol. The number of anilines is 1. The normalized spacial score (nSPS) is 11.0. The summed E-state index contributed by atoms with van der Waals surface area (Å²) in [6.45, 7) is 1.93. The quantitative estimate of drug-likeness (QED) is 0.437. The number of thiazole rings is 1. The van der Waals surface area contributed by atoms with Crippen LogP contribution < -0.4 is 10.1 Å². The van der Waals surface area contributed by atoms with Crippen molar-refractivity contribution < 1.29 is 9.53 Å². The number of methoxy groups -OCH3 is 1. The first-order valence-electron chi connectivity index (χ1n) is 9.19. The summed E-state index contributed by atoms with van der Waals surface area (Å²) in [4.78, 5) is 18.0. The minimum atomic E-state index is -0.0419. The number of carbonyl (C=O) groups excluding carboxylic acids is 1. The number of halogens is 1. The second-order valence-corrected chi connectivity index (χ2v) is 7.99. The van der Waals surface area contributed by atoms with Gasteiger partial charge in [0, 0.05) is 40.0 Å². The average Bonchev–Trinajstić information content (AvgIpc) is 3.30. The smallest absolute Gasteiger partial charge is 0.224 e. The fourth-order valence-corrected chi connectivity index (χ4v) is 4.13. The van der Waals surface area contributed by atoms with E-state index in [1.54, 1.807) is 24.5 Å². The predicted molar refractivity (Wildman–Crippen MR) is 118 cm³/mol. The van der Waals surface area contributed by atoms with Crippen molar-refractivity contribution in [3.8, 4) is 17.0 Å². The lowest BCUT2D eigenvalue weighted by Crippen LogP contribution is -2.12. The molecule has 0 spiro atoms. The number of carbonyl (C=O) groups is 1. The van der Waals surface area contributed by atoms with E-state index >= 15 is 0 Å². The van der Waals surface area contributed by atoms with E-state index in [4.69, 9.17) is 21.3 Å².